The number of thiophene rings is 1. The zero-order valence-corrected chi connectivity index (χ0v) is 40.6. The van der Waals surface area contributed by atoms with E-state index >= 15 is 0 Å². The first kappa shape index (κ1) is 41.1. The second-order valence-corrected chi connectivity index (χ2v) is 20.9. The number of ether oxygens (including phenoxy) is 1. The lowest BCUT2D eigenvalue weighted by Gasteiger charge is -2.29. The third-order valence-corrected chi connectivity index (χ3v) is 16.9. The zero-order valence-electron chi connectivity index (χ0n) is 39.8. The third-order valence-electron chi connectivity index (χ3n) is 15.7. The predicted octanol–water partition coefficient (Wildman–Crippen LogP) is 20.2. The Hall–Kier alpha value is -8.76. The van der Waals surface area contributed by atoms with Gasteiger partial charge in [0.15, 0.2) is 0 Å². The van der Waals surface area contributed by atoms with Crippen molar-refractivity contribution in [3.05, 3.63) is 248 Å². The minimum atomic E-state index is -0.186. The summed E-state index contributed by atoms with van der Waals surface area (Å²) >= 11 is 1.90. The first-order chi connectivity index (χ1) is 35.5. The monoisotopic (exact) mass is 935 g/mol. The van der Waals surface area contributed by atoms with E-state index in [4.69, 9.17) is 4.74 Å². The van der Waals surface area contributed by atoms with Crippen LogP contribution >= 0.6 is 11.3 Å². The molecule has 72 heavy (non-hydrogen) atoms. The number of para-hydroxylation sites is 2. The Morgan fingerprint density at radius 3 is 1.47 bits per heavy atom. The highest BCUT2D eigenvalue weighted by atomic mass is 32.1. The van der Waals surface area contributed by atoms with Crippen molar-refractivity contribution in [3.8, 4) is 44.9 Å². The minimum absolute atomic E-state index is 0.186. The molecule has 0 amide bonds. The van der Waals surface area contributed by atoms with Crippen LogP contribution in [-0.4, -0.2) is 0 Å². The Labute approximate surface area is 421 Å². The van der Waals surface area contributed by atoms with E-state index in [9.17, 15) is 0 Å². The SMILES string of the molecule is CC1(C)c2ccccc2-c2ccc(N(c3ccc4c(c3)-c3ccccc3Oc3ccccc3-4)c3ccc4c(c3)c3ccccc3c3ccccc3c3ccccc3c3c4ccc4c5ccccc5sc43)cc21. The van der Waals surface area contributed by atoms with Gasteiger partial charge in [0, 0.05) is 59.2 Å². The molecule has 3 heteroatoms. The first-order valence-corrected chi connectivity index (χ1v) is 25.7. The maximum absolute atomic E-state index is 6.70. The standard InChI is InChI=1S/C69H45NOS/c1-69(2)62-27-13-9-22-52(62)53-36-33-44(41-63(53)69)70(43-31-34-50-54-23-10-14-28-64(54)71-65-29-15-11-24-55(65)61(50)40-43)42-32-35-51-58-37-38-59-56-25-12-16-30-66(56)72-68(59)67(58)57-26-8-7-20-48(57)46-18-4-3-17-45(46)47-19-5-6-21-49(47)60(51)39-42/h3-41H,1-2H3. The van der Waals surface area contributed by atoms with Crippen LogP contribution in [0, 0.1) is 0 Å². The van der Waals surface area contributed by atoms with E-state index in [1.807, 2.05) is 11.3 Å². The molecule has 0 bridgehead atoms. The first-order valence-electron chi connectivity index (χ1n) is 24.9. The van der Waals surface area contributed by atoms with Crippen LogP contribution in [0.4, 0.5) is 17.1 Å². The van der Waals surface area contributed by atoms with Gasteiger partial charge < -0.3 is 9.64 Å². The Bertz CT molecular complexity index is 4540. The Morgan fingerprint density at radius 2 is 0.764 bits per heavy atom. The molecule has 338 valence electrons. The lowest BCUT2D eigenvalue weighted by molar-refractivity contribution is 0.488. The van der Waals surface area contributed by atoms with Crippen molar-refractivity contribution < 1.29 is 4.74 Å². The number of benzene rings is 11. The van der Waals surface area contributed by atoms with E-state index in [0.717, 1.165) is 50.8 Å². The van der Waals surface area contributed by atoms with Crippen molar-refractivity contribution in [2.45, 2.75) is 19.3 Å². The molecule has 12 aromatic carbocycles. The highest BCUT2D eigenvalue weighted by Gasteiger charge is 2.36. The number of rotatable bonds is 3. The smallest absolute Gasteiger partial charge is 0.135 e. The normalized spacial score (nSPS) is 13.1. The molecular weight excluding hydrogens is 891 g/mol. The molecule has 0 atom stereocenters. The lowest BCUT2D eigenvalue weighted by atomic mass is 9.82. The Morgan fingerprint density at radius 1 is 0.319 bits per heavy atom. The van der Waals surface area contributed by atoms with Crippen molar-refractivity contribution in [1.82, 2.24) is 0 Å². The summed E-state index contributed by atoms with van der Waals surface area (Å²) in [6.07, 6.45) is 0. The van der Waals surface area contributed by atoms with E-state index in [0.29, 0.717) is 0 Å². The summed E-state index contributed by atoms with van der Waals surface area (Å²) in [6, 6.07) is 87.9. The number of fused-ring (bicyclic) bond motifs is 22. The molecule has 0 saturated heterocycles. The van der Waals surface area contributed by atoms with Gasteiger partial charge in [-0.05, 0) is 136 Å². The second kappa shape index (κ2) is 15.6. The summed E-state index contributed by atoms with van der Waals surface area (Å²) in [5.41, 5.74) is 12.8. The lowest BCUT2D eigenvalue weighted by Crippen LogP contribution is -2.16. The van der Waals surface area contributed by atoms with E-state index in [1.54, 1.807) is 0 Å². The van der Waals surface area contributed by atoms with Crippen LogP contribution in [0.15, 0.2) is 237 Å². The van der Waals surface area contributed by atoms with Gasteiger partial charge in [-0.2, -0.15) is 0 Å². The topological polar surface area (TPSA) is 12.5 Å². The molecule has 15 rings (SSSR count). The molecule has 0 saturated carbocycles. The maximum Gasteiger partial charge on any atom is 0.135 e. The van der Waals surface area contributed by atoms with E-state index in [1.165, 1.54) is 96.3 Å². The van der Waals surface area contributed by atoms with Gasteiger partial charge in [0.2, 0.25) is 0 Å². The van der Waals surface area contributed by atoms with Crippen LogP contribution < -0.4 is 9.64 Å². The summed E-state index contributed by atoms with van der Waals surface area (Å²) in [4.78, 5) is 2.49. The van der Waals surface area contributed by atoms with Crippen LogP contribution in [0.2, 0.25) is 0 Å². The maximum atomic E-state index is 6.70. The molecule has 1 aromatic heterocycles. The Balaban J connectivity index is 1.08. The molecule has 2 nitrogen and oxygen atoms in total. The van der Waals surface area contributed by atoms with Crippen molar-refractivity contribution in [2.24, 2.45) is 0 Å². The highest BCUT2D eigenvalue weighted by Crippen LogP contribution is 2.53. The number of hydrogen-bond donors (Lipinski definition) is 0. The van der Waals surface area contributed by atoms with Gasteiger partial charge in [-0.1, -0.05) is 196 Å². The van der Waals surface area contributed by atoms with Crippen LogP contribution in [0.5, 0.6) is 11.5 Å². The summed E-state index contributed by atoms with van der Waals surface area (Å²) in [5.74, 6) is 1.71. The molecule has 1 aliphatic carbocycles. The number of nitrogens with zero attached hydrogens (tertiary/aromatic N) is 1. The van der Waals surface area contributed by atoms with E-state index < -0.39 is 0 Å². The average Bonchev–Trinajstić information content (AvgIpc) is 3.87. The van der Waals surface area contributed by atoms with Crippen LogP contribution in [0.3, 0.4) is 0 Å². The van der Waals surface area contributed by atoms with E-state index in [-0.39, 0.29) is 5.41 Å². The van der Waals surface area contributed by atoms with Crippen LogP contribution in [-0.2, 0) is 5.41 Å². The van der Waals surface area contributed by atoms with Gasteiger partial charge in [0.25, 0.3) is 0 Å². The van der Waals surface area contributed by atoms with Gasteiger partial charge in [-0.25, -0.2) is 0 Å². The largest absolute Gasteiger partial charge is 0.456 e. The van der Waals surface area contributed by atoms with Crippen molar-refractivity contribution in [2.75, 3.05) is 4.90 Å². The highest BCUT2D eigenvalue weighted by molar-refractivity contribution is 7.26. The van der Waals surface area contributed by atoms with Crippen molar-refractivity contribution >= 4 is 102 Å². The second-order valence-electron chi connectivity index (χ2n) is 19.9. The average molecular weight is 936 g/mol. The molecule has 2 aliphatic rings. The predicted molar refractivity (Wildman–Crippen MR) is 308 cm³/mol. The van der Waals surface area contributed by atoms with Gasteiger partial charge >= 0.3 is 0 Å². The fourth-order valence-corrected chi connectivity index (χ4v) is 13.6. The number of anilines is 3. The molecule has 2 heterocycles. The summed E-state index contributed by atoms with van der Waals surface area (Å²) in [5, 5.41) is 14.8. The van der Waals surface area contributed by atoms with Crippen molar-refractivity contribution in [3.63, 3.8) is 0 Å². The summed E-state index contributed by atoms with van der Waals surface area (Å²) in [7, 11) is 0. The third kappa shape index (κ3) is 6.01. The van der Waals surface area contributed by atoms with Crippen molar-refractivity contribution in [1.29, 1.82) is 0 Å². The Kier molecular flexibility index (Phi) is 8.91. The quantitative estimate of drug-likeness (QED) is 0.175. The summed E-state index contributed by atoms with van der Waals surface area (Å²) in [6.45, 7) is 4.74. The van der Waals surface area contributed by atoms with E-state index in [2.05, 4.69) is 255 Å². The van der Waals surface area contributed by atoms with Gasteiger partial charge in [-0.3, -0.25) is 0 Å². The summed E-state index contributed by atoms with van der Waals surface area (Å²) < 4.78 is 9.31. The van der Waals surface area contributed by atoms with Crippen LogP contribution in [0.25, 0.3) is 107 Å². The molecule has 13 aromatic rings. The minimum Gasteiger partial charge on any atom is -0.456 e. The van der Waals surface area contributed by atoms with Gasteiger partial charge in [-0.15, -0.1) is 11.3 Å². The molecule has 0 spiro atoms. The van der Waals surface area contributed by atoms with Gasteiger partial charge in [0.05, 0.1) is 0 Å². The molecule has 0 N–H and O–H groups in total. The molecule has 0 unspecified atom stereocenters. The molecule has 0 radical (unpaired) electrons. The fraction of sp³-hybridized carbons (Fsp3) is 0.0435. The molecular formula is C69H45NOS. The zero-order chi connectivity index (χ0) is 47.7. The molecule has 1 aliphatic heterocycles. The fourth-order valence-electron chi connectivity index (χ4n) is 12.3. The van der Waals surface area contributed by atoms with Crippen LogP contribution in [0.1, 0.15) is 25.0 Å². The van der Waals surface area contributed by atoms with Gasteiger partial charge in [0.1, 0.15) is 11.5 Å². The number of hydrogen-bond acceptors (Lipinski definition) is 3. The molecule has 0 fully saturated rings.